The number of esters is 1. The number of ether oxygens (including phenoxy) is 1. The highest BCUT2D eigenvalue weighted by atomic mass is 79.9. The van der Waals surface area contributed by atoms with Crippen LogP contribution in [0.2, 0.25) is 0 Å². The molecule has 4 nitrogen and oxygen atoms in total. The minimum Gasteiger partial charge on any atom is -0.507 e. The van der Waals surface area contributed by atoms with Crippen molar-refractivity contribution in [1.29, 1.82) is 0 Å². The summed E-state index contributed by atoms with van der Waals surface area (Å²) in [6.45, 7) is 5.98. The number of fused-ring (bicyclic) bond motifs is 1. The number of aromatic hydroxyl groups is 1. The molecule has 5 heteroatoms. The van der Waals surface area contributed by atoms with Gasteiger partial charge in [-0.1, -0.05) is 36.4 Å². The molecule has 0 spiro atoms. The van der Waals surface area contributed by atoms with Gasteiger partial charge in [0.2, 0.25) is 0 Å². The Morgan fingerprint density at radius 1 is 1.03 bits per heavy atom. The lowest BCUT2D eigenvalue weighted by Gasteiger charge is -2.15. The summed E-state index contributed by atoms with van der Waals surface area (Å²) in [5.74, 6) is -0.393. The number of carbonyl (C=O) groups excluding carboxylic acids is 1. The summed E-state index contributed by atoms with van der Waals surface area (Å²) in [5, 5.41) is 11.4. The van der Waals surface area contributed by atoms with Gasteiger partial charge in [-0.15, -0.1) is 0 Å². The number of hydrogen-bond acceptors (Lipinski definition) is 3. The molecule has 1 aromatic heterocycles. The van der Waals surface area contributed by atoms with Gasteiger partial charge in [0.1, 0.15) is 5.75 Å². The van der Waals surface area contributed by atoms with Crippen LogP contribution in [0.15, 0.2) is 65.1 Å². The molecule has 0 amide bonds. The topological polar surface area (TPSA) is 51.5 Å². The van der Waals surface area contributed by atoms with Crippen LogP contribution in [0.25, 0.3) is 27.8 Å². The molecule has 0 aliphatic heterocycles. The maximum absolute atomic E-state index is 13.1. The van der Waals surface area contributed by atoms with E-state index < -0.39 is 5.97 Å². The minimum absolute atomic E-state index is 0.0627. The van der Waals surface area contributed by atoms with Gasteiger partial charge < -0.3 is 14.4 Å². The van der Waals surface area contributed by atoms with Gasteiger partial charge >= 0.3 is 5.97 Å². The lowest BCUT2D eigenvalue weighted by molar-refractivity contribution is 0.0529. The van der Waals surface area contributed by atoms with Gasteiger partial charge in [-0.3, -0.25) is 0 Å². The molecule has 4 rings (SSSR count). The molecule has 0 saturated carbocycles. The molecule has 0 aliphatic carbocycles. The van der Waals surface area contributed by atoms with Crippen LogP contribution < -0.4 is 0 Å². The Kier molecular flexibility index (Phi) is 5.39. The number of aromatic nitrogens is 1. The Morgan fingerprint density at radius 3 is 2.47 bits per heavy atom. The third-order valence-electron chi connectivity index (χ3n) is 5.06. The fourth-order valence-corrected chi connectivity index (χ4v) is 4.27. The second-order valence-corrected chi connectivity index (χ2v) is 8.13. The van der Waals surface area contributed by atoms with Gasteiger partial charge in [-0.05, 0) is 77.7 Å². The number of nitrogens with zero attached hydrogens (tertiary/aromatic N) is 1. The average molecular weight is 464 g/mol. The zero-order chi connectivity index (χ0) is 21.4. The molecule has 3 aromatic carbocycles. The number of phenols is 1. The van der Waals surface area contributed by atoms with E-state index in [9.17, 15) is 9.90 Å². The minimum atomic E-state index is -0.456. The van der Waals surface area contributed by atoms with Crippen molar-refractivity contribution >= 4 is 32.8 Å². The first kappa shape index (κ1) is 20.2. The van der Waals surface area contributed by atoms with Crippen LogP contribution in [-0.4, -0.2) is 22.2 Å². The smallest absolute Gasteiger partial charge is 0.341 e. The summed E-state index contributed by atoms with van der Waals surface area (Å²) in [4.78, 5) is 13.1. The molecule has 0 radical (unpaired) electrons. The third-order valence-corrected chi connectivity index (χ3v) is 5.73. The van der Waals surface area contributed by atoms with E-state index in [1.54, 1.807) is 13.0 Å². The fraction of sp³-hybridized carbons (Fsp3) is 0.160. The zero-order valence-corrected chi connectivity index (χ0v) is 18.7. The molecule has 0 saturated heterocycles. The summed E-state index contributed by atoms with van der Waals surface area (Å²) in [6, 6.07) is 19.5. The van der Waals surface area contributed by atoms with Gasteiger partial charge in [0.05, 0.1) is 34.5 Å². The monoisotopic (exact) mass is 463 g/mol. The van der Waals surface area contributed by atoms with Crippen LogP contribution in [0.3, 0.4) is 0 Å². The number of aryl methyl sites for hydroxylation is 2. The zero-order valence-electron chi connectivity index (χ0n) is 17.1. The fourth-order valence-electron chi connectivity index (χ4n) is 3.85. The van der Waals surface area contributed by atoms with E-state index >= 15 is 0 Å². The third kappa shape index (κ3) is 3.39. The molecule has 0 atom stereocenters. The molecule has 30 heavy (non-hydrogen) atoms. The SMILES string of the molecule is CCOC(=O)c1c(-c2ccccc2)n(-c2cc(C)ccc2Br)c2cc(C)cc(O)c12. The largest absolute Gasteiger partial charge is 0.507 e. The highest BCUT2D eigenvalue weighted by Crippen LogP contribution is 2.42. The molecule has 152 valence electrons. The highest BCUT2D eigenvalue weighted by molar-refractivity contribution is 9.10. The standard InChI is InChI=1S/C25H22BrNO3/c1-4-30-25(29)23-22-20(13-16(3)14-21(22)28)27(19-12-15(2)10-11-18(19)26)24(23)17-8-6-5-7-9-17/h5-14,28H,4H2,1-3H3. The summed E-state index contributed by atoms with van der Waals surface area (Å²) in [6.07, 6.45) is 0. The molecule has 0 fully saturated rings. The van der Waals surface area contributed by atoms with Crippen molar-refractivity contribution in [1.82, 2.24) is 4.57 Å². The summed E-state index contributed by atoms with van der Waals surface area (Å²) in [5.41, 5.74) is 5.55. The molecule has 1 N–H and O–H groups in total. The van der Waals surface area contributed by atoms with E-state index in [-0.39, 0.29) is 12.4 Å². The Balaban J connectivity index is 2.25. The van der Waals surface area contributed by atoms with Crippen molar-refractivity contribution in [3.8, 4) is 22.7 Å². The van der Waals surface area contributed by atoms with Gasteiger partial charge in [-0.2, -0.15) is 0 Å². The number of rotatable bonds is 4. The average Bonchev–Trinajstić information content (AvgIpc) is 3.06. The maximum Gasteiger partial charge on any atom is 0.341 e. The van der Waals surface area contributed by atoms with Crippen LogP contribution in [0.4, 0.5) is 0 Å². The van der Waals surface area contributed by atoms with Crippen LogP contribution in [0.5, 0.6) is 5.75 Å². The van der Waals surface area contributed by atoms with Crippen LogP contribution >= 0.6 is 15.9 Å². The van der Waals surface area contributed by atoms with Crippen molar-refractivity contribution in [2.45, 2.75) is 20.8 Å². The highest BCUT2D eigenvalue weighted by Gasteiger charge is 2.28. The van der Waals surface area contributed by atoms with E-state index in [1.807, 2.05) is 66.9 Å². The number of phenolic OH excluding ortho intramolecular Hbond substituents is 1. The second-order valence-electron chi connectivity index (χ2n) is 7.28. The summed E-state index contributed by atoms with van der Waals surface area (Å²) in [7, 11) is 0. The number of carbonyl (C=O) groups is 1. The Labute approximate surface area is 183 Å². The first-order chi connectivity index (χ1) is 14.4. The lowest BCUT2D eigenvalue weighted by atomic mass is 10.0. The van der Waals surface area contributed by atoms with E-state index in [1.165, 1.54) is 0 Å². The van der Waals surface area contributed by atoms with Gasteiger partial charge in [0, 0.05) is 4.47 Å². The summed E-state index contributed by atoms with van der Waals surface area (Å²) >= 11 is 3.67. The van der Waals surface area contributed by atoms with Crippen molar-refractivity contribution < 1.29 is 14.6 Å². The molecule has 4 aromatic rings. The Morgan fingerprint density at radius 2 is 1.77 bits per heavy atom. The van der Waals surface area contributed by atoms with Crippen molar-refractivity contribution in [3.63, 3.8) is 0 Å². The van der Waals surface area contributed by atoms with Crippen molar-refractivity contribution in [3.05, 3.63) is 81.8 Å². The van der Waals surface area contributed by atoms with E-state index in [0.717, 1.165) is 32.4 Å². The van der Waals surface area contributed by atoms with Crippen LogP contribution in [0, 0.1) is 13.8 Å². The Hall–Kier alpha value is -3.05. The quantitative estimate of drug-likeness (QED) is 0.348. The molecule has 0 aliphatic rings. The van der Waals surface area contributed by atoms with Crippen molar-refractivity contribution in [2.75, 3.05) is 6.61 Å². The molecule has 1 heterocycles. The van der Waals surface area contributed by atoms with Gasteiger partial charge in [0.25, 0.3) is 0 Å². The van der Waals surface area contributed by atoms with Crippen molar-refractivity contribution in [2.24, 2.45) is 0 Å². The first-order valence-corrected chi connectivity index (χ1v) is 10.6. The molecule has 0 unspecified atom stereocenters. The molecule has 0 bridgehead atoms. The second kappa shape index (κ2) is 8.00. The van der Waals surface area contributed by atoms with E-state index in [2.05, 4.69) is 22.0 Å². The predicted octanol–water partition coefficient (Wildman–Crippen LogP) is 6.56. The normalized spacial score (nSPS) is 11.1. The maximum atomic E-state index is 13.1. The van der Waals surface area contributed by atoms with Crippen LogP contribution in [-0.2, 0) is 4.74 Å². The number of hydrogen-bond donors (Lipinski definition) is 1. The molecular weight excluding hydrogens is 442 g/mol. The number of halogens is 1. The Bertz CT molecular complexity index is 1260. The molecular formula is C25H22BrNO3. The summed E-state index contributed by atoms with van der Waals surface area (Å²) < 4.78 is 8.33. The lowest BCUT2D eigenvalue weighted by Crippen LogP contribution is -2.07. The van der Waals surface area contributed by atoms with E-state index in [0.29, 0.717) is 16.6 Å². The van der Waals surface area contributed by atoms with Gasteiger partial charge in [-0.25, -0.2) is 4.79 Å². The van der Waals surface area contributed by atoms with Crippen LogP contribution in [0.1, 0.15) is 28.4 Å². The van der Waals surface area contributed by atoms with E-state index in [4.69, 9.17) is 4.74 Å². The first-order valence-electron chi connectivity index (χ1n) is 9.79. The number of benzene rings is 3. The predicted molar refractivity (Wildman–Crippen MR) is 124 cm³/mol. The van der Waals surface area contributed by atoms with Gasteiger partial charge in [0.15, 0.2) is 0 Å².